The first-order chi connectivity index (χ1) is 16.0. The number of benzene rings is 3. The Hall–Kier alpha value is -3.72. The molecule has 33 heavy (non-hydrogen) atoms. The number of nitrogens with zero attached hydrogens (tertiary/aromatic N) is 3. The Morgan fingerprint density at radius 1 is 0.667 bits per heavy atom. The molecule has 0 atom stereocenters. The molecule has 0 N–H and O–H groups in total. The molecule has 162 valence electrons. The first-order valence-electron chi connectivity index (χ1n) is 11.7. The van der Waals surface area contributed by atoms with E-state index in [4.69, 9.17) is 9.97 Å². The molecule has 0 saturated carbocycles. The van der Waals surface area contributed by atoms with Crippen molar-refractivity contribution in [3.63, 3.8) is 0 Å². The van der Waals surface area contributed by atoms with Gasteiger partial charge < -0.3 is 0 Å². The smallest absolute Gasteiger partial charge is 0.145 e. The van der Waals surface area contributed by atoms with Crippen molar-refractivity contribution in [2.24, 2.45) is 0 Å². The van der Waals surface area contributed by atoms with E-state index < -0.39 is 0 Å². The molecule has 3 heteroatoms. The first-order valence-corrected chi connectivity index (χ1v) is 11.7. The van der Waals surface area contributed by atoms with Crippen LogP contribution >= 0.6 is 0 Å². The van der Waals surface area contributed by atoms with Gasteiger partial charge in [0.1, 0.15) is 5.65 Å². The van der Waals surface area contributed by atoms with E-state index in [1.54, 1.807) is 0 Å². The Labute approximate surface area is 193 Å². The molecule has 3 aromatic carbocycles. The topological polar surface area (TPSA) is 30.2 Å². The van der Waals surface area contributed by atoms with Crippen LogP contribution < -0.4 is 0 Å². The summed E-state index contributed by atoms with van der Waals surface area (Å²) in [4.78, 5) is 10.1. The van der Waals surface area contributed by atoms with E-state index in [9.17, 15) is 0 Å². The van der Waals surface area contributed by atoms with Gasteiger partial charge in [-0.3, -0.25) is 9.38 Å². The number of imidazole rings is 1. The highest BCUT2D eigenvalue weighted by molar-refractivity contribution is 6.18. The summed E-state index contributed by atoms with van der Waals surface area (Å²) in [6.45, 7) is 9.07. The maximum atomic E-state index is 5.30. The molecular weight excluding hydrogens is 402 g/mol. The van der Waals surface area contributed by atoms with Gasteiger partial charge in [-0.25, -0.2) is 4.98 Å². The SMILES string of the molecule is CC(C)c1cccc(C(C)C)c1-c1cn2c(n1)c1ccccc1c1cnc3ccccc3c12. The Morgan fingerprint density at radius 2 is 1.30 bits per heavy atom. The standard InChI is InChI=1S/C30H27N3/c1-18(2)20-13-9-14-21(19(3)4)28(20)27-17-33-29-24-12-7-8-15-26(24)31-16-25(29)22-10-5-6-11-23(22)30(33)32-27/h5-19H,1-4H3. The molecule has 0 bridgehead atoms. The number of fused-ring (bicyclic) bond motifs is 8. The first kappa shape index (κ1) is 19.9. The predicted molar refractivity (Wildman–Crippen MR) is 139 cm³/mol. The summed E-state index contributed by atoms with van der Waals surface area (Å²) in [6.07, 6.45) is 4.25. The molecule has 6 aromatic rings. The van der Waals surface area contributed by atoms with Gasteiger partial charge in [0, 0.05) is 34.1 Å². The van der Waals surface area contributed by atoms with Gasteiger partial charge in [-0.2, -0.15) is 0 Å². The zero-order chi connectivity index (χ0) is 22.7. The van der Waals surface area contributed by atoms with Crippen LogP contribution in [0.15, 0.2) is 79.1 Å². The van der Waals surface area contributed by atoms with E-state index in [0.717, 1.165) is 33.0 Å². The maximum absolute atomic E-state index is 5.30. The molecule has 6 rings (SSSR count). The number of aromatic nitrogens is 3. The van der Waals surface area contributed by atoms with Gasteiger partial charge in [0.25, 0.3) is 0 Å². The minimum atomic E-state index is 0.419. The lowest BCUT2D eigenvalue weighted by atomic mass is 9.87. The molecule has 0 unspecified atom stereocenters. The van der Waals surface area contributed by atoms with Crippen LogP contribution in [0.4, 0.5) is 0 Å². The Bertz CT molecular complexity index is 1640. The minimum Gasteiger partial charge on any atom is -0.298 e. The van der Waals surface area contributed by atoms with Crippen molar-refractivity contribution in [2.75, 3.05) is 0 Å². The van der Waals surface area contributed by atoms with Crippen molar-refractivity contribution < 1.29 is 0 Å². The van der Waals surface area contributed by atoms with Crippen molar-refractivity contribution in [3.05, 3.63) is 90.3 Å². The summed E-state index contributed by atoms with van der Waals surface area (Å²) in [5.74, 6) is 0.837. The second kappa shape index (κ2) is 7.41. The number of para-hydroxylation sites is 1. The fourth-order valence-corrected chi connectivity index (χ4v) is 5.20. The molecule has 3 heterocycles. The quantitative estimate of drug-likeness (QED) is 0.266. The highest BCUT2D eigenvalue weighted by Crippen LogP contribution is 2.38. The third kappa shape index (κ3) is 2.96. The van der Waals surface area contributed by atoms with Crippen molar-refractivity contribution in [3.8, 4) is 11.3 Å². The van der Waals surface area contributed by atoms with Crippen LogP contribution in [0.2, 0.25) is 0 Å². The second-order valence-electron chi connectivity index (χ2n) is 9.52. The summed E-state index contributed by atoms with van der Waals surface area (Å²) in [7, 11) is 0. The average Bonchev–Trinajstić information content (AvgIpc) is 3.28. The molecule has 0 saturated heterocycles. The number of pyridine rings is 2. The third-order valence-electron chi connectivity index (χ3n) is 6.78. The van der Waals surface area contributed by atoms with E-state index >= 15 is 0 Å². The minimum absolute atomic E-state index is 0.419. The van der Waals surface area contributed by atoms with E-state index in [1.165, 1.54) is 27.6 Å². The zero-order valence-electron chi connectivity index (χ0n) is 19.5. The lowest BCUT2D eigenvalue weighted by molar-refractivity contribution is 0.837. The molecule has 3 nitrogen and oxygen atoms in total. The fourth-order valence-electron chi connectivity index (χ4n) is 5.20. The van der Waals surface area contributed by atoms with Gasteiger partial charge in [-0.15, -0.1) is 0 Å². The molecule has 0 radical (unpaired) electrons. The van der Waals surface area contributed by atoms with Crippen LogP contribution in [0.5, 0.6) is 0 Å². The maximum Gasteiger partial charge on any atom is 0.145 e. The van der Waals surface area contributed by atoms with Gasteiger partial charge >= 0.3 is 0 Å². The van der Waals surface area contributed by atoms with Crippen molar-refractivity contribution in [2.45, 2.75) is 39.5 Å². The van der Waals surface area contributed by atoms with Gasteiger partial charge in [0.2, 0.25) is 0 Å². The normalized spacial score (nSPS) is 12.2. The van der Waals surface area contributed by atoms with Crippen LogP contribution in [0.1, 0.15) is 50.7 Å². The molecule has 0 fully saturated rings. The molecule has 0 spiro atoms. The van der Waals surface area contributed by atoms with Gasteiger partial charge in [0.15, 0.2) is 0 Å². The Balaban J connectivity index is 1.82. The van der Waals surface area contributed by atoms with Crippen molar-refractivity contribution in [1.82, 2.24) is 14.4 Å². The second-order valence-corrected chi connectivity index (χ2v) is 9.52. The van der Waals surface area contributed by atoms with Crippen molar-refractivity contribution >= 4 is 38.2 Å². The summed E-state index contributed by atoms with van der Waals surface area (Å²) in [6, 6.07) is 23.6. The molecule has 0 aliphatic heterocycles. The van der Waals surface area contributed by atoms with E-state index in [1.807, 2.05) is 12.3 Å². The summed E-state index contributed by atoms with van der Waals surface area (Å²) >= 11 is 0. The molecule has 0 amide bonds. The highest BCUT2D eigenvalue weighted by Gasteiger charge is 2.20. The van der Waals surface area contributed by atoms with Gasteiger partial charge in [-0.1, -0.05) is 88.4 Å². The summed E-state index contributed by atoms with van der Waals surface area (Å²) in [5, 5.41) is 4.65. The molecule has 0 aliphatic carbocycles. The van der Waals surface area contributed by atoms with Crippen molar-refractivity contribution in [1.29, 1.82) is 0 Å². The number of hydrogen-bond donors (Lipinski definition) is 0. The van der Waals surface area contributed by atoms with E-state index in [-0.39, 0.29) is 0 Å². The van der Waals surface area contributed by atoms with Crippen LogP contribution in [-0.2, 0) is 0 Å². The lowest BCUT2D eigenvalue weighted by Gasteiger charge is -2.18. The van der Waals surface area contributed by atoms with Crippen LogP contribution in [-0.4, -0.2) is 14.4 Å². The monoisotopic (exact) mass is 429 g/mol. The lowest BCUT2D eigenvalue weighted by Crippen LogP contribution is -1.99. The largest absolute Gasteiger partial charge is 0.298 e. The summed E-state index contributed by atoms with van der Waals surface area (Å²) in [5.41, 5.74) is 8.19. The molecule has 0 aliphatic rings. The Kier molecular flexibility index (Phi) is 4.48. The summed E-state index contributed by atoms with van der Waals surface area (Å²) < 4.78 is 2.29. The average molecular weight is 430 g/mol. The third-order valence-corrected chi connectivity index (χ3v) is 6.78. The number of hydrogen-bond acceptors (Lipinski definition) is 2. The highest BCUT2D eigenvalue weighted by atomic mass is 15.0. The Morgan fingerprint density at radius 3 is 2.00 bits per heavy atom. The molecule has 3 aromatic heterocycles. The van der Waals surface area contributed by atoms with E-state index in [2.05, 4.69) is 99.0 Å². The molecular formula is C30H27N3. The zero-order valence-corrected chi connectivity index (χ0v) is 19.5. The van der Waals surface area contributed by atoms with Crippen LogP contribution in [0, 0.1) is 0 Å². The fraction of sp³-hybridized carbons (Fsp3) is 0.200. The van der Waals surface area contributed by atoms with E-state index in [0.29, 0.717) is 11.8 Å². The van der Waals surface area contributed by atoms with Crippen LogP contribution in [0.25, 0.3) is 49.5 Å². The van der Waals surface area contributed by atoms with Gasteiger partial charge in [-0.05, 0) is 34.4 Å². The number of rotatable bonds is 3. The van der Waals surface area contributed by atoms with Gasteiger partial charge in [0.05, 0.1) is 16.7 Å². The predicted octanol–water partition coefficient (Wildman–Crippen LogP) is 8.10. The van der Waals surface area contributed by atoms with Crippen LogP contribution in [0.3, 0.4) is 0 Å².